The van der Waals surface area contributed by atoms with Crippen LogP contribution in [-0.4, -0.2) is 109 Å². The quantitative estimate of drug-likeness (QED) is 0.200. The summed E-state index contributed by atoms with van der Waals surface area (Å²) < 4.78 is 5.49. The second-order valence-electron chi connectivity index (χ2n) is 15.2. The van der Waals surface area contributed by atoms with Crippen molar-refractivity contribution in [3.63, 3.8) is 0 Å². The van der Waals surface area contributed by atoms with Gasteiger partial charge in [0.2, 0.25) is 29.4 Å². The number of nitrogens with one attached hydrogen (secondary N) is 4. The van der Waals surface area contributed by atoms with Crippen LogP contribution in [0.15, 0.2) is 0 Å². The van der Waals surface area contributed by atoms with Crippen LogP contribution < -0.4 is 21.3 Å². The van der Waals surface area contributed by atoms with Crippen LogP contribution in [0.3, 0.4) is 0 Å². The van der Waals surface area contributed by atoms with Gasteiger partial charge in [-0.2, -0.15) is 0 Å². The van der Waals surface area contributed by atoms with E-state index in [-0.39, 0.29) is 54.4 Å². The highest BCUT2D eigenvalue weighted by Gasteiger charge is 2.69. The normalized spacial score (nSPS) is 22.8. The maximum absolute atomic E-state index is 14.3. The Bertz CT molecular complexity index is 1240. The van der Waals surface area contributed by atoms with Gasteiger partial charge in [0, 0.05) is 33.6 Å². The van der Waals surface area contributed by atoms with Crippen LogP contribution in [0, 0.1) is 23.2 Å². The van der Waals surface area contributed by atoms with Crippen molar-refractivity contribution in [2.75, 3.05) is 33.7 Å². The Hall–Kier alpha value is -3.71. The van der Waals surface area contributed by atoms with Crippen LogP contribution in [0.4, 0.5) is 4.79 Å². The Kier molecular flexibility index (Phi) is 13.0. The van der Waals surface area contributed by atoms with Crippen molar-refractivity contribution in [1.29, 1.82) is 0 Å². The third-order valence-corrected chi connectivity index (χ3v) is 9.82. The molecule has 1 heterocycles. The van der Waals surface area contributed by atoms with E-state index in [2.05, 4.69) is 21.3 Å². The maximum atomic E-state index is 14.3. The van der Waals surface area contributed by atoms with Crippen molar-refractivity contribution in [1.82, 2.24) is 31.1 Å². The first-order chi connectivity index (χ1) is 22.4. The number of amides is 6. The number of Topliss-reactive ketones (excluding diaryl/α,β-unsaturated/α-hetero) is 1. The topological polar surface area (TPSA) is 183 Å². The fraction of sp³-hybridized carbons (Fsp3) is 0.794. The molecule has 5 atom stereocenters. The molecule has 0 aromatic rings. The molecule has 6 amide bonds. The van der Waals surface area contributed by atoms with Crippen LogP contribution >= 0.6 is 0 Å². The van der Waals surface area contributed by atoms with Crippen LogP contribution in [0.25, 0.3) is 0 Å². The maximum Gasteiger partial charge on any atom is 0.408 e. The van der Waals surface area contributed by atoms with E-state index in [4.69, 9.17) is 4.74 Å². The summed E-state index contributed by atoms with van der Waals surface area (Å²) in [6.45, 7) is 11.1. The van der Waals surface area contributed by atoms with Crippen LogP contribution in [0.1, 0.15) is 92.9 Å². The molecule has 0 bridgehead atoms. The SMILES string of the molecule is CCCC(NC(=O)[C@@H]1[C@@H]2[C@H](CN1C(=O)[C@@H](NC(=O)OC(C)(C)C)C1CCCCC1)C2(C)C)C(=O)C(=O)NCC(=O)NCCC(=O)N(C)C. The molecule has 0 spiro atoms. The number of piperidine rings is 1. The number of hydrogen-bond donors (Lipinski definition) is 4. The van der Waals surface area contributed by atoms with Gasteiger partial charge in [0.25, 0.3) is 5.91 Å². The average molecular weight is 677 g/mol. The minimum Gasteiger partial charge on any atom is -0.444 e. The number of alkyl carbamates (subject to hydrolysis) is 1. The first-order valence-electron chi connectivity index (χ1n) is 17.3. The van der Waals surface area contributed by atoms with E-state index in [1.54, 1.807) is 39.8 Å². The van der Waals surface area contributed by atoms with Gasteiger partial charge < -0.3 is 35.8 Å². The summed E-state index contributed by atoms with van der Waals surface area (Å²) in [6, 6.07) is -2.90. The lowest BCUT2D eigenvalue weighted by Gasteiger charge is -2.37. The van der Waals surface area contributed by atoms with Gasteiger partial charge in [-0.1, -0.05) is 46.5 Å². The molecule has 48 heavy (non-hydrogen) atoms. The minimum atomic E-state index is -1.16. The average Bonchev–Trinajstić information content (AvgIpc) is 3.32. The number of ketones is 1. The van der Waals surface area contributed by atoms with Gasteiger partial charge in [0.15, 0.2) is 0 Å². The summed E-state index contributed by atoms with van der Waals surface area (Å²) in [4.78, 5) is 93.9. The lowest BCUT2D eigenvalue weighted by atomic mass is 9.83. The number of fused-ring (bicyclic) bond motifs is 1. The molecule has 14 heteroatoms. The van der Waals surface area contributed by atoms with Gasteiger partial charge in [0.05, 0.1) is 12.6 Å². The van der Waals surface area contributed by atoms with Crippen LogP contribution in [-0.2, 0) is 33.5 Å². The Morgan fingerprint density at radius 1 is 0.958 bits per heavy atom. The molecule has 3 aliphatic rings. The molecular weight excluding hydrogens is 620 g/mol. The fourth-order valence-electron chi connectivity index (χ4n) is 7.09. The number of likely N-dealkylation sites (tertiary alicyclic amines) is 1. The van der Waals surface area contributed by atoms with E-state index in [0.29, 0.717) is 13.0 Å². The lowest BCUT2D eigenvalue weighted by Crippen LogP contribution is -2.60. The van der Waals surface area contributed by atoms with Gasteiger partial charge in [0.1, 0.15) is 17.7 Å². The predicted octanol–water partition coefficient (Wildman–Crippen LogP) is 1.51. The molecule has 1 unspecified atom stereocenters. The summed E-state index contributed by atoms with van der Waals surface area (Å²) >= 11 is 0. The van der Waals surface area contributed by atoms with Crippen molar-refractivity contribution < 1.29 is 38.3 Å². The highest BCUT2D eigenvalue weighted by atomic mass is 16.6. The number of carbonyl (C=O) groups excluding carboxylic acids is 7. The van der Waals surface area contributed by atoms with Crippen LogP contribution in [0.2, 0.25) is 0 Å². The second kappa shape index (κ2) is 16.1. The standard InChI is InChI=1S/C34H56N6O8/c1-9-13-22(28(43)30(45)36-18-23(41)35-17-16-24(42)39(7)8)37-29(44)27-25-21(34(25,5)6)19-40(27)31(46)26(20-14-11-10-12-15-20)38-32(47)48-33(2,3)4/h20-22,25-27H,9-19H2,1-8H3,(H,35,41)(H,36,45)(H,37,44)(H,38,47)/t21-,22?,25-,26-,27-/m0/s1. The molecule has 0 radical (unpaired) electrons. The van der Waals surface area contributed by atoms with E-state index in [9.17, 15) is 33.6 Å². The zero-order chi connectivity index (χ0) is 36.0. The lowest BCUT2D eigenvalue weighted by molar-refractivity contribution is -0.145. The van der Waals surface area contributed by atoms with Gasteiger partial charge in [-0.15, -0.1) is 0 Å². The molecule has 3 rings (SSSR count). The highest BCUT2D eigenvalue weighted by molar-refractivity contribution is 6.38. The number of carbonyl (C=O) groups is 7. The van der Waals surface area contributed by atoms with E-state index < -0.39 is 59.9 Å². The van der Waals surface area contributed by atoms with Crippen molar-refractivity contribution in [2.24, 2.45) is 23.2 Å². The molecule has 2 aliphatic carbocycles. The first-order valence-corrected chi connectivity index (χ1v) is 17.3. The summed E-state index contributed by atoms with van der Waals surface area (Å²) in [7, 11) is 3.21. The second-order valence-corrected chi connectivity index (χ2v) is 15.2. The Morgan fingerprint density at radius 3 is 2.19 bits per heavy atom. The summed E-state index contributed by atoms with van der Waals surface area (Å²) in [6.07, 6.45) is 4.54. The van der Waals surface area contributed by atoms with E-state index >= 15 is 0 Å². The zero-order valence-electron chi connectivity index (χ0n) is 29.9. The van der Waals surface area contributed by atoms with Gasteiger partial charge >= 0.3 is 6.09 Å². The van der Waals surface area contributed by atoms with E-state index in [0.717, 1.165) is 32.1 Å². The highest BCUT2D eigenvalue weighted by Crippen LogP contribution is 2.65. The van der Waals surface area contributed by atoms with E-state index in [1.807, 2.05) is 20.8 Å². The van der Waals surface area contributed by atoms with Crippen molar-refractivity contribution in [2.45, 2.75) is 117 Å². The summed E-state index contributed by atoms with van der Waals surface area (Å²) in [5.74, 6) is -3.69. The van der Waals surface area contributed by atoms with Crippen LogP contribution in [0.5, 0.6) is 0 Å². The summed E-state index contributed by atoms with van der Waals surface area (Å²) in [5.41, 5.74) is -0.959. The molecule has 1 saturated heterocycles. The smallest absolute Gasteiger partial charge is 0.408 e. The number of nitrogens with zero attached hydrogens (tertiary/aromatic N) is 2. The third-order valence-electron chi connectivity index (χ3n) is 9.82. The zero-order valence-corrected chi connectivity index (χ0v) is 29.9. The largest absolute Gasteiger partial charge is 0.444 e. The number of ether oxygens (including phenoxy) is 1. The molecule has 2 saturated carbocycles. The molecule has 1 aliphatic heterocycles. The number of hydrogen-bond acceptors (Lipinski definition) is 8. The predicted molar refractivity (Wildman–Crippen MR) is 177 cm³/mol. The molecule has 14 nitrogen and oxygen atoms in total. The van der Waals surface area contributed by atoms with Crippen molar-refractivity contribution >= 4 is 41.4 Å². The Balaban J connectivity index is 1.71. The molecule has 3 fully saturated rings. The van der Waals surface area contributed by atoms with Gasteiger partial charge in [-0.25, -0.2) is 4.79 Å². The Labute approximate surface area is 284 Å². The molecular formula is C34H56N6O8. The van der Waals surface area contributed by atoms with Gasteiger partial charge in [-0.3, -0.25) is 28.8 Å². The Morgan fingerprint density at radius 2 is 1.60 bits per heavy atom. The molecule has 4 N–H and O–H groups in total. The molecule has 270 valence electrons. The monoisotopic (exact) mass is 676 g/mol. The fourth-order valence-corrected chi connectivity index (χ4v) is 7.09. The van der Waals surface area contributed by atoms with Crippen molar-refractivity contribution in [3.05, 3.63) is 0 Å². The number of rotatable bonds is 14. The van der Waals surface area contributed by atoms with Gasteiger partial charge in [-0.05, 0) is 63.2 Å². The van der Waals surface area contributed by atoms with Crippen molar-refractivity contribution in [3.8, 4) is 0 Å². The molecule has 0 aromatic heterocycles. The third kappa shape index (κ3) is 9.91. The first kappa shape index (κ1) is 38.7. The molecule has 0 aromatic carbocycles. The summed E-state index contributed by atoms with van der Waals surface area (Å²) in [5, 5.41) is 10.4. The minimum absolute atomic E-state index is 0.0703. The van der Waals surface area contributed by atoms with E-state index in [1.165, 1.54) is 4.90 Å².